The van der Waals surface area contributed by atoms with E-state index in [1.54, 1.807) is 12.4 Å². The SMILES string of the molecule is Cc1cncc(NC(=O)c2c(N)nn3c2NCC(F)C3)c1N1CCC(C(=O)N2CCNCC2)CC1. The lowest BCUT2D eigenvalue weighted by atomic mass is 9.94. The number of aryl methyl sites for hydroxylation is 1. The molecule has 3 aliphatic rings. The van der Waals surface area contributed by atoms with E-state index < -0.39 is 12.1 Å². The summed E-state index contributed by atoms with van der Waals surface area (Å²) in [5, 5.41) is 13.3. The second-order valence-electron chi connectivity index (χ2n) is 9.41. The molecule has 0 aliphatic carbocycles. The zero-order chi connectivity index (χ0) is 24.5. The van der Waals surface area contributed by atoms with Crippen molar-refractivity contribution in [2.75, 3.05) is 67.1 Å². The zero-order valence-electron chi connectivity index (χ0n) is 19.9. The number of nitrogen functional groups attached to an aromatic ring is 1. The molecule has 3 aliphatic heterocycles. The maximum absolute atomic E-state index is 13.7. The Morgan fingerprint density at radius 1 is 1.17 bits per heavy atom. The number of piperidine rings is 1. The van der Waals surface area contributed by atoms with Crippen molar-refractivity contribution in [1.29, 1.82) is 0 Å². The third-order valence-corrected chi connectivity index (χ3v) is 7.01. The standard InChI is InChI=1S/C23H32FN9O2/c1-14-10-27-12-17(29-22(34)18-20(25)30-33-13-16(24)11-28-21(18)33)19(14)31-6-2-15(3-7-31)23(35)32-8-4-26-5-9-32/h10,12,15-16,26,28H,2-9,11,13H2,1H3,(H2,25,30)(H,29,34). The molecule has 0 spiro atoms. The average molecular weight is 486 g/mol. The first-order chi connectivity index (χ1) is 16.9. The first kappa shape index (κ1) is 23.3. The second-order valence-corrected chi connectivity index (χ2v) is 9.41. The van der Waals surface area contributed by atoms with Gasteiger partial charge in [-0.3, -0.25) is 14.6 Å². The number of amides is 2. The van der Waals surface area contributed by atoms with Gasteiger partial charge >= 0.3 is 0 Å². The van der Waals surface area contributed by atoms with Crippen LogP contribution in [-0.2, 0) is 11.3 Å². The fraction of sp³-hybridized carbons (Fsp3) is 0.565. The van der Waals surface area contributed by atoms with Crippen molar-refractivity contribution in [2.24, 2.45) is 5.92 Å². The van der Waals surface area contributed by atoms with Crippen molar-refractivity contribution in [3.8, 4) is 0 Å². The molecule has 2 amide bonds. The maximum atomic E-state index is 13.7. The Kier molecular flexibility index (Phi) is 6.46. The second kappa shape index (κ2) is 9.68. The number of fused-ring (bicyclic) bond motifs is 1. The van der Waals surface area contributed by atoms with Gasteiger partial charge in [0, 0.05) is 57.9 Å². The van der Waals surface area contributed by atoms with Gasteiger partial charge in [-0.15, -0.1) is 0 Å². The van der Waals surface area contributed by atoms with Crippen LogP contribution < -0.4 is 26.6 Å². The molecular weight excluding hydrogens is 453 g/mol. The molecule has 1 unspecified atom stereocenters. The lowest BCUT2D eigenvalue weighted by Gasteiger charge is -2.37. The van der Waals surface area contributed by atoms with Crippen LogP contribution in [0.15, 0.2) is 12.4 Å². The lowest BCUT2D eigenvalue weighted by Crippen LogP contribution is -2.50. The molecule has 0 radical (unpaired) electrons. The molecule has 2 aromatic rings. The van der Waals surface area contributed by atoms with E-state index in [2.05, 4.69) is 30.9 Å². The van der Waals surface area contributed by atoms with E-state index in [9.17, 15) is 14.0 Å². The molecule has 12 heteroatoms. The largest absolute Gasteiger partial charge is 0.381 e. The molecule has 35 heavy (non-hydrogen) atoms. The van der Waals surface area contributed by atoms with Crippen LogP contribution >= 0.6 is 0 Å². The topological polar surface area (TPSA) is 133 Å². The zero-order valence-corrected chi connectivity index (χ0v) is 19.9. The molecular formula is C23H32FN9O2. The highest BCUT2D eigenvalue weighted by Gasteiger charge is 2.32. The predicted molar refractivity (Wildman–Crippen MR) is 131 cm³/mol. The summed E-state index contributed by atoms with van der Waals surface area (Å²) in [5.41, 5.74) is 8.60. The number of nitrogens with one attached hydrogen (secondary N) is 3. The molecule has 5 heterocycles. The van der Waals surface area contributed by atoms with Gasteiger partial charge in [0.15, 0.2) is 5.82 Å². The van der Waals surface area contributed by atoms with Gasteiger partial charge in [-0.25, -0.2) is 9.07 Å². The molecule has 0 saturated carbocycles. The number of halogens is 1. The number of aromatic nitrogens is 3. The number of hydrogen-bond donors (Lipinski definition) is 4. The highest BCUT2D eigenvalue weighted by Crippen LogP contribution is 2.34. The number of carbonyl (C=O) groups is 2. The van der Waals surface area contributed by atoms with Crippen molar-refractivity contribution in [2.45, 2.75) is 32.5 Å². The Morgan fingerprint density at radius 2 is 1.91 bits per heavy atom. The highest BCUT2D eigenvalue weighted by atomic mass is 19.1. The minimum Gasteiger partial charge on any atom is -0.381 e. The Hall–Kier alpha value is -3.41. The molecule has 0 aromatic carbocycles. The predicted octanol–water partition coefficient (Wildman–Crippen LogP) is 0.833. The van der Waals surface area contributed by atoms with E-state index in [1.165, 1.54) is 4.68 Å². The number of anilines is 4. The molecule has 0 bridgehead atoms. The summed E-state index contributed by atoms with van der Waals surface area (Å²) in [4.78, 5) is 34.6. The third-order valence-electron chi connectivity index (χ3n) is 7.01. The van der Waals surface area contributed by atoms with Crippen molar-refractivity contribution in [3.63, 3.8) is 0 Å². The first-order valence-corrected chi connectivity index (χ1v) is 12.2. The molecule has 1 atom stereocenters. The van der Waals surface area contributed by atoms with Crippen molar-refractivity contribution >= 4 is 34.8 Å². The summed E-state index contributed by atoms with van der Waals surface area (Å²) in [5.74, 6) is 0.312. The van der Waals surface area contributed by atoms with Gasteiger partial charge in [-0.1, -0.05) is 0 Å². The van der Waals surface area contributed by atoms with Crippen LogP contribution in [0, 0.1) is 12.8 Å². The van der Waals surface area contributed by atoms with E-state index in [-0.39, 0.29) is 36.3 Å². The normalized spacial score (nSPS) is 20.8. The van der Waals surface area contributed by atoms with E-state index in [0.717, 1.165) is 50.3 Å². The van der Waals surface area contributed by atoms with Crippen molar-refractivity contribution < 1.29 is 14.0 Å². The fourth-order valence-corrected chi connectivity index (χ4v) is 5.22. The van der Waals surface area contributed by atoms with Crippen LogP contribution in [-0.4, -0.2) is 83.5 Å². The quantitative estimate of drug-likeness (QED) is 0.501. The fourth-order valence-electron chi connectivity index (χ4n) is 5.22. The summed E-state index contributed by atoms with van der Waals surface area (Å²) >= 11 is 0. The number of pyridine rings is 1. The van der Waals surface area contributed by atoms with Crippen LogP contribution in [0.25, 0.3) is 0 Å². The van der Waals surface area contributed by atoms with Crippen LogP contribution in [0.4, 0.5) is 27.4 Å². The molecule has 188 valence electrons. The summed E-state index contributed by atoms with van der Waals surface area (Å²) in [6.07, 6.45) is 3.82. The van der Waals surface area contributed by atoms with E-state index in [0.29, 0.717) is 24.6 Å². The molecule has 5 N–H and O–H groups in total. The Balaban J connectivity index is 1.30. The number of hydrogen-bond acceptors (Lipinski definition) is 8. The van der Waals surface area contributed by atoms with Gasteiger partial charge in [0.2, 0.25) is 5.91 Å². The van der Waals surface area contributed by atoms with Crippen LogP contribution in [0.1, 0.15) is 28.8 Å². The Bertz CT molecular complexity index is 1110. The summed E-state index contributed by atoms with van der Waals surface area (Å²) < 4.78 is 15.1. The minimum absolute atomic E-state index is 0.0219. The van der Waals surface area contributed by atoms with Crippen molar-refractivity contribution in [3.05, 3.63) is 23.5 Å². The minimum atomic E-state index is -1.09. The summed E-state index contributed by atoms with van der Waals surface area (Å²) in [6, 6.07) is 0. The van der Waals surface area contributed by atoms with E-state index in [1.807, 2.05) is 11.8 Å². The van der Waals surface area contributed by atoms with Gasteiger partial charge in [0.25, 0.3) is 5.91 Å². The molecule has 2 fully saturated rings. The lowest BCUT2D eigenvalue weighted by molar-refractivity contribution is -0.136. The number of rotatable bonds is 4. The number of alkyl halides is 1. The maximum Gasteiger partial charge on any atom is 0.263 e. The third kappa shape index (κ3) is 4.62. The van der Waals surface area contributed by atoms with Gasteiger partial charge in [-0.2, -0.15) is 5.10 Å². The smallest absolute Gasteiger partial charge is 0.263 e. The first-order valence-electron chi connectivity index (χ1n) is 12.2. The Labute approximate surface area is 203 Å². The summed E-state index contributed by atoms with van der Waals surface area (Å²) in [6.45, 7) is 6.75. The number of piperazine rings is 1. The average Bonchev–Trinajstić information content (AvgIpc) is 3.19. The Morgan fingerprint density at radius 3 is 2.66 bits per heavy atom. The molecule has 2 aromatic heterocycles. The van der Waals surface area contributed by atoms with Crippen LogP contribution in [0.5, 0.6) is 0 Å². The number of carbonyl (C=O) groups excluding carboxylic acids is 2. The molecule has 2 saturated heterocycles. The molecule has 11 nitrogen and oxygen atoms in total. The highest BCUT2D eigenvalue weighted by molar-refractivity contribution is 6.12. The summed E-state index contributed by atoms with van der Waals surface area (Å²) in [7, 11) is 0. The molecule has 5 rings (SSSR count). The number of nitrogens with zero attached hydrogens (tertiary/aromatic N) is 5. The number of nitrogens with two attached hydrogens (primary N) is 1. The van der Waals surface area contributed by atoms with Crippen molar-refractivity contribution in [1.82, 2.24) is 25.0 Å². The van der Waals surface area contributed by atoms with Gasteiger partial charge < -0.3 is 31.5 Å². The van der Waals surface area contributed by atoms with Gasteiger partial charge in [0.05, 0.1) is 24.1 Å². The van der Waals surface area contributed by atoms with E-state index in [4.69, 9.17) is 5.73 Å². The van der Waals surface area contributed by atoms with Gasteiger partial charge in [0.1, 0.15) is 17.6 Å². The van der Waals surface area contributed by atoms with Crippen LogP contribution in [0.3, 0.4) is 0 Å². The van der Waals surface area contributed by atoms with E-state index >= 15 is 0 Å². The van der Waals surface area contributed by atoms with Crippen LogP contribution in [0.2, 0.25) is 0 Å². The van der Waals surface area contributed by atoms with Gasteiger partial charge in [-0.05, 0) is 25.3 Å². The monoisotopic (exact) mass is 485 g/mol.